The first-order valence-electron chi connectivity index (χ1n) is 7.75. The van der Waals surface area contributed by atoms with Gasteiger partial charge in [-0.2, -0.15) is 0 Å². The Labute approximate surface area is 130 Å². The SMILES string of the molecule is CCn1cc(C(CN)Cc2cccc(F)c2)c2ccccc21. The number of nitrogens with two attached hydrogens (primary N) is 1. The van der Waals surface area contributed by atoms with Gasteiger partial charge in [-0.3, -0.25) is 0 Å². The molecule has 0 aliphatic rings. The lowest BCUT2D eigenvalue weighted by atomic mass is 9.92. The minimum absolute atomic E-state index is 0.191. The molecule has 0 saturated carbocycles. The first kappa shape index (κ1) is 14.8. The highest BCUT2D eigenvalue weighted by Gasteiger charge is 2.17. The highest BCUT2D eigenvalue weighted by Crippen LogP contribution is 2.29. The second kappa shape index (κ2) is 6.32. The van der Waals surface area contributed by atoms with Crippen LogP contribution >= 0.6 is 0 Å². The number of benzene rings is 2. The fraction of sp³-hybridized carbons (Fsp3) is 0.263. The molecule has 2 aromatic carbocycles. The number of para-hydroxylation sites is 1. The summed E-state index contributed by atoms with van der Waals surface area (Å²) < 4.78 is 15.6. The van der Waals surface area contributed by atoms with Gasteiger partial charge in [0.25, 0.3) is 0 Å². The van der Waals surface area contributed by atoms with Crippen molar-refractivity contribution >= 4 is 10.9 Å². The summed E-state index contributed by atoms with van der Waals surface area (Å²) in [6.07, 6.45) is 2.95. The Morgan fingerprint density at radius 3 is 2.68 bits per heavy atom. The molecule has 22 heavy (non-hydrogen) atoms. The van der Waals surface area contributed by atoms with E-state index in [1.807, 2.05) is 6.07 Å². The minimum atomic E-state index is -0.191. The van der Waals surface area contributed by atoms with Gasteiger partial charge >= 0.3 is 0 Å². The van der Waals surface area contributed by atoms with Crippen LogP contribution in [0.15, 0.2) is 54.7 Å². The molecule has 0 fully saturated rings. The van der Waals surface area contributed by atoms with Crippen molar-refractivity contribution in [1.29, 1.82) is 0 Å². The number of aryl methyl sites for hydroxylation is 1. The summed E-state index contributed by atoms with van der Waals surface area (Å²) in [5.74, 6) is 0.00348. The van der Waals surface area contributed by atoms with Crippen LogP contribution in [0.25, 0.3) is 10.9 Å². The number of rotatable bonds is 5. The molecule has 3 rings (SSSR count). The van der Waals surface area contributed by atoms with E-state index in [2.05, 4.69) is 42.0 Å². The predicted octanol–water partition coefficient (Wildman–Crippen LogP) is 4.09. The highest BCUT2D eigenvalue weighted by molar-refractivity contribution is 5.84. The van der Waals surface area contributed by atoms with Gasteiger partial charge in [-0.1, -0.05) is 30.3 Å². The van der Waals surface area contributed by atoms with Crippen molar-refractivity contribution in [2.24, 2.45) is 5.73 Å². The van der Waals surface area contributed by atoms with Crippen molar-refractivity contribution in [1.82, 2.24) is 4.57 Å². The zero-order valence-corrected chi connectivity index (χ0v) is 12.8. The Hall–Kier alpha value is -2.13. The van der Waals surface area contributed by atoms with Crippen molar-refractivity contribution in [3.8, 4) is 0 Å². The third-order valence-electron chi connectivity index (χ3n) is 4.26. The van der Waals surface area contributed by atoms with Crippen LogP contribution in [-0.2, 0) is 13.0 Å². The van der Waals surface area contributed by atoms with Crippen molar-refractivity contribution in [2.45, 2.75) is 25.8 Å². The van der Waals surface area contributed by atoms with Crippen LogP contribution in [0.3, 0.4) is 0 Å². The first-order valence-corrected chi connectivity index (χ1v) is 7.75. The lowest BCUT2D eigenvalue weighted by Crippen LogP contribution is -2.15. The molecule has 1 unspecified atom stereocenters. The molecular weight excluding hydrogens is 275 g/mol. The molecule has 2 N–H and O–H groups in total. The van der Waals surface area contributed by atoms with Crippen molar-refractivity contribution in [3.63, 3.8) is 0 Å². The van der Waals surface area contributed by atoms with E-state index in [4.69, 9.17) is 5.73 Å². The third kappa shape index (κ3) is 2.77. The van der Waals surface area contributed by atoms with Crippen LogP contribution in [0.4, 0.5) is 4.39 Å². The van der Waals surface area contributed by atoms with Crippen LogP contribution in [0.5, 0.6) is 0 Å². The van der Waals surface area contributed by atoms with Gasteiger partial charge in [0.15, 0.2) is 0 Å². The lowest BCUT2D eigenvalue weighted by molar-refractivity contribution is 0.621. The third-order valence-corrected chi connectivity index (χ3v) is 4.26. The summed E-state index contributed by atoms with van der Waals surface area (Å²) in [5.41, 5.74) is 9.51. The Kier molecular flexibility index (Phi) is 4.25. The second-order valence-electron chi connectivity index (χ2n) is 5.65. The minimum Gasteiger partial charge on any atom is -0.347 e. The number of halogens is 1. The molecule has 0 aliphatic carbocycles. The fourth-order valence-corrected chi connectivity index (χ4v) is 3.13. The summed E-state index contributed by atoms with van der Waals surface area (Å²) in [6.45, 7) is 3.62. The first-order chi connectivity index (χ1) is 10.7. The van der Waals surface area contributed by atoms with Crippen LogP contribution in [0.1, 0.15) is 24.0 Å². The largest absolute Gasteiger partial charge is 0.347 e. The molecule has 0 bridgehead atoms. The average Bonchev–Trinajstić information content (AvgIpc) is 2.91. The summed E-state index contributed by atoms with van der Waals surface area (Å²) in [5, 5.41) is 1.25. The molecule has 0 aliphatic heterocycles. The Morgan fingerprint density at radius 1 is 1.14 bits per heavy atom. The van der Waals surface area contributed by atoms with Gasteiger partial charge in [0.1, 0.15) is 5.82 Å². The molecule has 2 nitrogen and oxygen atoms in total. The number of hydrogen-bond donors (Lipinski definition) is 1. The van der Waals surface area contributed by atoms with E-state index in [9.17, 15) is 4.39 Å². The molecule has 3 aromatic rings. The van der Waals surface area contributed by atoms with Crippen LogP contribution in [0, 0.1) is 5.82 Å². The number of hydrogen-bond acceptors (Lipinski definition) is 1. The van der Waals surface area contributed by atoms with E-state index in [1.54, 1.807) is 12.1 Å². The van der Waals surface area contributed by atoms with E-state index in [0.29, 0.717) is 6.54 Å². The quantitative estimate of drug-likeness (QED) is 0.755. The zero-order valence-electron chi connectivity index (χ0n) is 12.8. The summed E-state index contributed by atoms with van der Waals surface area (Å²) >= 11 is 0. The van der Waals surface area contributed by atoms with Gasteiger partial charge in [-0.25, -0.2) is 4.39 Å². The van der Waals surface area contributed by atoms with Gasteiger partial charge in [-0.15, -0.1) is 0 Å². The van der Waals surface area contributed by atoms with Gasteiger partial charge in [0.2, 0.25) is 0 Å². The number of nitrogens with zero attached hydrogens (tertiary/aromatic N) is 1. The van der Waals surface area contributed by atoms with E-state index < -0.39 is 0 Å². The average molecular weight is 296 g/mol. The lowest BCUT2D eigenvalue weighted by Gasteiger charge is -2.14. The van der Waals surface area contributed by atoms with E-state index in [0.717, 1.165) is 18.5 Å². The molecule has 0 radical (unpaired) electrons. The molecule has 0 amide bonds. The molecular formula is C19H21FN2. The maximum atomic E-state index is 13.4. The highest BCUT2D eigenvalue weighted by atomic mass is 19.1. The van der Waals surface area contributed by atoms with E-state index in [-0.39, 0.29) is 11.7 Å². The van der Waals surface area contributed by atoms with Crippen LogP contribution in [-0.4, -0.2) is 11.1 Å². The molecule has 1 heterocycles. The Morgan fingerprint density at radius 2 is 1.95 bits per heavy atom. The molecule has 1 atom stereocenters. The molecule has 114 valence electrons. The summed E-state index contributed by atoms with van der Waals surface area (Å²) in [4.78, 5) is 0. The van der Waals surface area contributed by atoms with Crippen LogP contribution < -0.4 is 5.73 Å². The standard InChI is InChI=1S/C19H21FN2/c1-2-22-13-18(17-8-3-4-9-19(17)22)15(12-21)10-14-6-5-7-16(20)11-14/h3-9,11,13,15H,2,10,12,21H2,1H3. The van der Waals surface area contributed by atoms with Gasteiger partial charge in [0.05, 0.1) is 0 Å². The van der Waals surface area contributed by atoms with Crippen molar-refractivity contribution < 1.29 is 4.39 Å². The number of fused-ring (bicyclic) bond motifs is 1. The molecule has 0 spiro atoms. The number of aromatic nitrogens is 1. The van der Waals surface area contributed by atoms with Crippen molar-refractivity contribution in [3.05, 3.63) is 71.7 Å². The summed E-state index contributed by atoms with van der Waals surface area (Å²) in [6, 6.07) is 15.2. The molecule has 0 saturated heterocycles. The zero-order chi connectivity index (χ0) is 15.5. The van der Waals surface area contributed by atoms with E-state index in [1.165, 1.54) is 22.5 Å². The van der Waals surface area contributed by atoms with Gasteiger partial charge in [-0.05, 0) is 49.2 Å². The monoisotopic (exact) mass is 296 g/mol. The fourth-order valence-electron chi connectivity index (χ4n) is 3.13. The normalized spacial score (nSPS) is 12.7. The maximum Gasteiger partial charge on any atom is 0.123 e. The van der Waals surface area contributed by atoms with Gasteiger partial charge in [0, 0.05) is 29.6 Å². The molecule has 1 aromatic heterocycles. The van der Waals surface area contributed by atoms with Crippen LogP contribution in [0.2, 0.25) is 0 Å². The summed E-state index contributed by atoms with van der Waals surface area (Å²) in [7, 11) is 0. The second-order valence-corrected chi connectivity index (χ2v) is 5.65. The van der Waals surface area contributed by atoms with E-state index >= 15 is 0 Å². The topological polar surface area (TPSA) is 30.9 Å². The van der Waals surface area contributed by atoms with Gasteiger partial charge < -0.3 is 10.3 Å². The molecule has 3 heteroatoms. The maximum absolute atomic E-state index is 13.4. The smallest absolute Gasteiger partial charge is 0.123 e. The predicted molar refractivity (Wildman–Crippen MR) is 89.5 cm³/mol. The van der Waals surface area contributed by atoms with Crippen molar-refractivity contribution in [2.75, 3.05) is 6.54 Å². The Bertz CT molecular complexity index is 776. The Balaban J connectivity index is 2.00.